The number of nitrogens with zero attached hydrogens (tertiary/aromatic N) is 4. The first kappa shape index (κ1) is 38.6. The van der Waals surface area contributed by atoms with Crippen LogP contribution in [0.5, 0.6) is 0 Å². The van der Waals surface area contributed by atoms with E-state index in [-0.39, 0.29) is 36.4 Å². The van der Waals surface area contributed by atoms with Gasteiger partial charge in [0, 0.05) is 48.7 Å². The van der Waals surface area contributed by atoms with Crippen molar-refractivity contribution < 1.29 is 24.5 Å². The summed E-state index contributed by atoms with van der Waals surface area (Å²) in [4.78, 5) is 14.5. The normalized spacial score (nSPS) is 14.5. The molecule has 1 aliphatic rings. The summed E-state index contributed by atoms with van der Waals surface area (Å²) in [7, 11) is -1.23. The van der Waals surface area contributed by atoms with Gasteiger partial charge in [-0.05, 0) is 57.4 Å². The van der Waals surface area contributed by atoms with Crippen LogP contribution in [0.4, 0.5) is 0 Å². The molecule has 0 saturated heterocycles. The molecule has 1 aliphatic heterocycles. The zero-order valence-electron chi connectivity index (χ0n) is 33.4. The van der Waals surface area contributed by atoms with Gasteiger partial charge in [0.15, 0.2) is 0 Å². The van der Waals surface area contributed by atoms with E-state index in [0.29, 0.717) is 0 Å². The average Bonchev–Trinajstić information content (AvgIpc) is 3.74. The number of imidazole rings is 1. The van der Waals surface area contributed by atoms with Crippen LogP contribution >= 0.6 is 0 Å². The van der Waals surface area contributed by atoms with E-state index >= 15 is 0 Å². The molecule has 4 aromatic heterocycles. The second-order valence-corrected chi connectivity index (χ2v) is 22.8. The maximum Gasteiger partial charge on any atom is 0.148 e. The molecule has 0 spiro atoms. The third-order valence-electron chi connectivity index (χ3n) is 11.7. The van der Waals surface area contributed by atoms with E-state index in [0.717, 1.165) is 61.3 Å². The number of hydrogen-bond donors (Lipinski definition) is 0. The Morgan fingerprint density at radius 1 is 0.727 bits per heavy atom. The molecule has 4 aromatic carbocycles. The van der Waals surface area contributed by atoms with Gasteiger partial charge < -0.3 is 14.4 Å². The second-order valence-electron chi connectivity index (χ2n) is 17.7. The molecule has 0 atom stereocenters. The van der Waals surface area contributed by atoms with E-state index in [2.05, 4.69) is 157 Å². The summed E-state index contributed by atoms with van der Waals surface area (Å²) >= 11 is 0. The minimum Gasteiger partial charge on any atom is -0.498 e. The number of hydrogen-bond acceptors (Lipinski definition) is 4. The predicted octanol–water partition coefficient (Wildman–Crippen LogP) is 11.7. The Labute approximate surface area is 339 Å². The molecule has 5 heterocycles. The molecule has 8 aromatic rings. The SMILES string of the molecule is CC(C)(C)c1ccnc(-c2[c-]ccc3c2oc2c3ccc3c2nc2n3-c3ccccc3C(C)(C)C2(C)C)c1.C[Si](C)(C)c1ccc(-c2[c-]cccc2)nc1.[Ir]. The minimum atomic E-state index is -1.23. The molecule has 0 amide bonds. The van der Waals surface area contributed by atoms with Crippen LogP contribution < -0.4 is 5.19 Å². The smallest absolute Gasteiger partial charge is 0.148 e. The molecule has 0 unspecified atom stereocenters. The van der Waals surface area contributed by atoms with Crippen LogP contribution in [0.3, 0.4) is 0 Å². The number of furan rings is 1. The Kier molecular flexibility index (Phi) is 9.69. The molecule has 0 saturated carbocycles. The Bertz CT molecular complexity index is 2680. The fourth-order valence-electron chi connectivity index (χ4n) is 7.59. The van der Waals surface area contributed by atoms with Gasteiger partial charge in [-0.2, -0.15) is 0 Å². The van der Waals surface area contributed by atoms with Gasteiger partial charge in [0.05, 0.1) is 24.9 Å². The molecule has 1 radical (unpaired) electrons. The summed E-state index contributed by atoms with van der Waals surface area (Å²) in [6.45, 7) is 22.9. The Hall–Kier alpha value is -4.68. The van der Waals surface area contributed by atoms with Gasteiger partial charge in [-0.1, -0.05) is 115 Å². The van der Waals surface area contributed by atoms with Crippen molar-refractivity contribution in [3.8, 4) is 28.2 Å². The van der Waals surface area contributed by atoms with Gasteiger partial charge in [0.2, 0.25) is 0 Å². The van der Waals surface area contributed by atoms with Crippen LogP contribution in [0.25, 0.3) is 61.2 Å². The fraction of sp³-hybridized carbons (Fsp3) is 0.271. The van der Waals surface area contributed by atoms with Crippen LogP contribution in [-0.2, 0) is 36.4 Å². The molecule has 9 rings (SSSR count). The Balaban J connectivity index is 0.000000231. The van der Waals surface area contributed by atoms with Crippen molar-refractivity contribution in [1.82, 2.24) is 19.5 Å². The first-order valence-corrected chi connectivity index (χ1v) is 22.4. The molecular weight excluding hydrogens is 869 g/mol. The predicted molar refractivity (Wildman–Crippen MR) is 227 cm³/mol. The summed E-state index contributed by atoms with van der Waals surface area (Å²) in [6.07, 6.45) is 3.90. The fourth-order valence-corrected chi connectivity index (χ4v) is 8.62. The van der Waals surface area contributed by atoms with E-state index < -0.39 is 8.07 Å². The number of pyridine rings is 2. The topological polar surface area (TPSA) is 56.7 Å². The molecule has 0 fully saturated rings. The monoisotopic (exact) mass is 917 g/mol. The van der Waals surface area contributed by atoms with Crippen molar-refractivity contribution in [3.63, 3.8) is 0 Å². The quantitative estimate of drug-likeness (QED) is 0.131. The Morgan fingerprint density at radius 3 is 2.16 bits per heavy atom. The van der Waals surface area contributed by atoms with E-state index in [1.165, 1.54) is 22.0 Å². The molecule has 7 heteroatoms. The molecule has 0 aliphatic carbocycles. The van der Waals surface area contributed by atoms with E-state index in [1.807, 2.05) is 42.7 Å². The van der Waals surface area contributed by atoms with E-state index in [4.69, 9.17) is 14.4 Å². The van der Waals surface area contributed by atoms with Crippen LogP contribution in [0.1, 0.15) is 65.4 Å². The number of fused-ring (bicyclic) bond motifs is 9. The van der Waals surface area contributed by atoms with Gasteiger partial charge in [-0.25, -0.2) is 4.98 Å². The molecular formula is C48H48IrN4OSi-2. The minimum absolute atomic E-state index is 0. The van der Waals surface area contributed by atoms with Crippen LogP contribution in [0.15, 0.2) is 114 Å². The maximum absolute atomic E-state index is 6.72. The van der Waals surface area contributed by atoms with Gasteiger partial charge in [0.1, 0.15) is 16.9 Å². The van der Waals surface area contributed by atoms with E-state index in [1.54, 1.807) is 0 Å². The molecule has 0 N–H and O–H groups in total. The van der Waals surface area contributed by atoms with Crippen molar-refractivity contribution in [2.45, 2.75) is 84.4 Å². The zero-order valence-corrected chi connectivity index (χ0v) is 36.8. The third-order valence-corrected chi connectivity index (χ3v) is 13.7. The average molecular weight is 917 g/mol. The standard InChI is InChI=1S/C34H32N3O.C14H16NSi.Ir/c1-32(2,3)20-17-18-35-25(19-20)23-12-10-11-21-22-15-16-27-28(30(22)38-29(21)23)36-31-34(6,7)33(4,5)24-13-8-9-14-26(24)37(27)31;1-16(2,3)13-9-10-14(15-11-13)12-7-5-4-6-8-12;/h8-11,13-19H,1-7H3;4-7,9-11H,1-3H3;/q2*-1;. The Morgan fingerprint density at radius 2 is 1.47 bits per heavy atom. The zero-order chi connectivity index (χ0) is 38.2. The first-order chi connectivity index (χ1) is 25.6. The molecule has 281 valence electrons. The molecule has 5 nitrogen and oxygen atoms in total. The van der Waals surface area contributed by atoms with Crippen molar-refractivity contribution in [2.75, 3.05) is 0 Å². The van der Waals surface area contributed by atoms with Crippen LogP contribution in [-0.4, -0.2) is 27.6 Å². The summed E-state index contributed by atoms with van der Waals surface area (Å²) in [5.74, 6) is 1.07. The largest absolute Gasteiger partial charge is 0.498 e. The van der Waals surface area contributed by atoms with Crippen molar-refractivity contribution >= 4 is 46.2 Å². The number of aromatic nitrogens is 4. The van der Waals surface area contributed by atoms with Gasteiger partial charge in [-0.3, -0.25) is 4.57 Å². The summed E-state index contributed by atoms with van der Waals surface area (Å²) in [6, 6.07) is 40.3. The van der Waals surface area contributed by atoms with Crippen LogP contribution in [0.2, 0.25) is 19.6 Å². The van der Waals surface area contributed by atoms with E-state index in [9.17, 15) is 0 Å². The van der Waals surface area contributed by atoms with Gasteiger partial charge >= 0.3 is 0 Å². The summed E-state index contributed by atoms with van der Waals surface area (Å²) < 4.78 is 9.05. The van der Waals surface area contributed by atoms with Crippen molar-refractivity contribution in [1.29, 1.82) is 0 Å². The maximum atomic E-state index is 6.72. The second kappa shape index (κ2) is 13.8. The van der Waals surface area contributed by atoms with Crippen molar-refractivity contribution in [3.05, 3.63) is 139 Å². The summed E-state index contributed by atoms with van der Waals surface area (Å²) in [5, 5.41) is 3.52. The van der Waals surface area contributed by atoms with Gasteiger partial charge in [0.25, 0.3) is 0 Å². The molecule has 0 bridgehead atoms. The summed E-state index contributed by atoms with van der Waals surface area (Å²) in [5.41, 5.74) is 10.9. The number of rotatable bonds is 3. The first-order valence-electron chi connectivity index (χ1n) is 18.9. The number of benzene rings is 4. The van der Waals surface area contributed by atoms with Crippen molar-refractivity contribution in [2.24, 2.45) is 0 Å². The number of para-hydroxylation sites is 1. The van der Waals surface area contributed by atoms with Gasteiger partial charge in [-0.15, -0.1) is 54.1 Å². The van der Waals surface area contributed by atoms with Crippen LogP contribution in [0, 0.1) is 12.1 Å². The molecule has 55 heavy (non-hydrogen) atoms. The third kappa shape index (κ3) is 6.50.